The molecular formula is C15H13ClN2O4S. The number of halogens is 1. The quantitative estimate of drug-likeness (QED) is 0.607. The molecule has 0 aromatic heterocycles. The third kappa shape index (κ3) is 4.08. The van der Waals surface area contributed by atoms with Crippen molar-refractivity contribution in [1.29, 1.82) is 0 Å². The summed E-state index contributed by atoms with van der Waals surface area (Å²) in [6, 6.07) is 12.7. The second-order valence-electron chi connectivity index (χ2n) is 4.62. The first-order valence-corrected chi connectivity index (χ1v) is 8.35. The van der Waals surface area contributed by atoms with Crippen molar-refractivity contribution < 1.29 is 13.3 Å². The van der Waals surface area contributed by atoms with Crippen LogP contribution >= 0.6 is 11.6 Å². The number of nitrogens with zero attached hydrogens (tertiary/aromatic N) is 2. The van der Waals surface area contributed by atoms with Gasteiger partial charge in [-0.2, -0.15) is 0 Å². The van der Waals surface area contributed by atoms with Crippen molar-refractivity contribution in [3.05, 3.63) is 74.6 Å². The molecule has 0 spiro atoms. The molecule has 2 aromatic carbocycles. The number of benzene rings is 2. The average molecular weight is 353 g/mol. The van der Waals surface area contributed by atoms with Crippen LogP contribution in [0.4, 0.5) is 11.4 Å². The Hall–Kier alpha value is -2.38. The van der Waals surface area contributed by atoms with E-state index in [-0.39, 0.29) is 16.4 Å². The van der Waals surface area contributed by atoms with Gasteiger partial charge in [0.15, 0.2) is 0 Å². The van der Waals surface area contributed by atoms with E-state index in [4.69, 9.17) is 11.6 Å². The molecule has 8 heteroatoms. The fraction of sp³-hybridized carbons (Fsp3) is 0.0667. The van der Waals surface area contributed by atoms with Gasteiger partial charge in [-0.1, -0.05) is 41.9 Å². The van der Waals surface area contributed by atoms with Gasteiger partial charge in [0.1, 0.15) is 5.69 Å². The molecule has 0 atom stereocenters. The van der Waals surface area contributed by atoms with Crippen molar-refractivity contribution in [3.8, 4) is 0 Å². The third-order valence-electron chi connectivity index (χ3n) is 3.09. The van der Waals surface area contributed by atoms with Crippen LogP contribution in [-0.4, -0.2) is 20.4 Å². The minimum Gasteiger partial charge on any atom is -0.263 e. The molecule has 0 saturated carbocycles. The molecule has 0 N–H and O–H groups in total. The summed E-state index contributed by atoms with van der Waals surface area (Å²) in [5, 5.41) is 12.3. The number of nitro benzene ring substituents is 1. The Bertz CT molecular complexity index is 851. The predicted molar refractivity (Wildman–Crippen MR) is 90.9 cm³/mol. The SMILES string of the molecule is CN(c1ccc(Cl)cc1[N+](=O)[O-])S(=O)(=O)/C=C/c1ccccc1. The highest BCUT2D eigenvalue weighted by molar-refractivity contribution is 7.95. The normalized spacial score (nSPS) is 11.6. The Morgan fingerprint density at radius 3 is 2.43 bits per heavy atom. The maximum absolute atomic E-state index is 12.3. The van der Waals surface area contributed by atoms with E-state index in [2.05, 4.69) is 0 Å². The van der Waals surface area contributed by atoms with E-state index in [1.165, 1.54) is 25.3 Å². The molecule has 0 aliphatic carbocycles. The van der Waals surface area contributed by atoms with E-state index in [9.17, 15) is 18.5 Å². The summed E-state index contributed by atoms with van der Waals surface area (Å²) in [6.07, 6.45) is 1.42. The Morgan fingerprint density at radius 1 is 1.17 bits per heavy atom. The molecule has 0 fully saturated rings. The molecule has 0 saturated heterocycles. The molecule has 0 radical (unpaired) electrons. The lowest BCUT2D eigenvalue weighted by molar-refractivity contribution is -0.384. The smallest absolute Gasteiger partial charge is 0.263 e. The fourth-order valence-corrected chi connectivity index (χ4v) is 2.97. The zero-order valence-electron chi connectivity index (χ0n) is 12.1. The van der Waals surface area contributed by atoms with E-state index < -0.39 is 14.9 Å². The molecule has 2 aromatic rings. The van der Waals surface area contributed by atoms with Gasteiger partial charge in [0, 0.05) is 18.1 Å². The zero-order chi connectivity index (χ0) is 17.0. The Labute approximate surface area is 138 Å². The highest BCUT2D eigenvalue weighted by Gasteiger charge is 2.24. The monoisotopic (exact) mass is 352 g/mol. The fourth-order valence-electron chi connectivity index (χ4n) is 1.87. The highest BCUT2D eigenvalue weighted by atomic mass is 35.5. The van der Waals surface area contributed by atoms with Crippen LogP contribution in [0.1, 0.15) is 5.56 Å². The van der Waals surface area contributed by atoms with Crippen LogP contribution < -0.4 is 4.31 Å². The van der Waals surface area contributed by atoms with Crippen LogP contribution in [0.25, 0.3) is 6.08 Å². The van der Waals surface area contributed by atoms with Gasteiger partial charge in [0.25, 0.3) is 15.7 Å². The third-order valence-corrected chi connectivity index (χ3v) is 4.76. The molecular weight excluding hydrogens is 340 g/mol. The van der Waals surface area contributed by atoms with E-state index in [1.807, 2.05) is 6.07 Å². The summed E-state index contributed by atoms with van der Waals surface area (Å²) in [5.41, 5.74) is 0.267. The van der Waals surface area contributed by atoms with Crippen LogP contribution in [0.3, 0.4) is 0 Å². The lowest BCUT2D eigenvalue weighted by atomic mass is 10.2. The summed E-state index contributed by atoms with van der Waals surface area (Å²) < 4.78 is 25.5. The number of sulfonamides is 1. The first-order valence-electron chi connectivity index (χ1n) is 6.47. The zero-order valence-corrected chi connectivity index (χ0v) is 13.7. The molecule has 0 amide bonds. The van der Waals surface area contributed by atoms with Gasteiger partial charge in [-0.15, -0.1) is 0 Å². The van der Waals surface area contributed by atoms with E-state index in [0.717, 1.165) is 15.8 Å². The second kappa shape index (κ2) is 6.80. The van der Waals surface area contributed by atoms with Gasteiger partial charge < -0.3 is 0 Å². The number of hydrogen-bond acceptors (Lipinski definition) is 4. The van der Waals surface area contributed by atoms with Gasteiger partial charge in [-0.3, -0.25) is 14.4 Å². The Morgan fingerprint density at radius 2 is 1.83 bits per heavy atom. The first-order chi connectivity index (χ1) is 10.8. The molecule has 0 aliphatic heterocycles. The van der Waals surface area contributed by atoms with E-state index >= 15 is 0 Å². The summed E-state index contributed by atoms with van der Waals surface area (Å²) in [4.78, 5) is 10.4. The standard InChI is InChI=1S/C15H13ClN2O4S/c1-17(14-8-7-13(16)11-15(14)18(19)20)23(21,22)10-9-12-5-3-2-4-6-12/h2-11H,1H3/b10-9+. The van der Waals surface area contributed by atoms with Crippen LogP contribution in [0, 0.1) is 10.1 Å². The first kappa shape index (κ1) is 17.0. The van der Waals surface area contributed by atoms with Crippen LogP contribution in [0.15, 0.2) is 53.9 Å². The van der Waals surface area contributed by atoms with Crippen molar-refractivity contribution in [1.82, 2.24) is 0 Å². The highest BCUT2D eigenvalue weighted by Crippen LogP contribution is 2.32. The molecule has 2 rings (SSSR count). The lowest BCUT2D eigenvalue weighted by Crippen LogP contribution is -2.25. The van der Waals surface area contributed by atoms with Crippen molar-refractivity contribution in [2.75, 3.05) is 11.4 Å². The molecule has 0 heterocycles. The Kier molecular flexibility index (Phi) is 5.02. The van der Waals surface area contributed by atoms with Crippen molar-refractivity contribution in [2.24, 2.45) is 0 Å². The number of nitro groups is 1. The van der Waals surface area contributed by atoms with Gasteiger partial charge in [-0.05, 0) is 23.8 Å². The van der Waals surface area contributed by atoms with E-state index in [0.29, 0.717) is 5.56 Å². The van der Waals surface area contributed by atoms with Crippen molar-refractivity contribution in [2.45, 2.75) is 0 Å². The predicted octanol–water partition coefficient (Wildman–Crippen LogP) is 3.69. The van der Waals surface area contributed by atoms with Crippen molar-refractivity contribution >= 4 is 39.1 Å². The topological polar surface area (TPSA) is 80.5 Å². The molecule has 6 nitrogen and oxygen atoms in total. The van der Waals surface area contributed by atoms with E-state index in [1.54, 1.807) is 24.3 Å². The van der Waals surface area contributed by atoms with Gasteiger partial charge >= 0.3 is 0 Å². The maximum atomic E-state index is 12.3. The second-order valence-corrected chi connectivity index (χ2v) is 6.90. The average Bonchev–Trinajstić information content (AvgIpc) is 2.53. The molecule has 120 valence electrons. The minimum absolute atomic E-state index is 0.0582. The summed E-state index contributed by atoms with van der Waals surface area (Å²) >= 11 is 5.73. The molecule has 0 unspecified atom stereocenters. The van der Waals surface area contributed by atoms with Crippen molar-refractivity contribution in [3.63, 3.8) is 0 Å². The number of rotatable bonds is 5. The summed E-state index contributed by atoms with van der Waals surface area (Å²) in [7, 11) is -2.62. The summed E-state index contributed by atoms with van der Waals surface area (Å²) in [6.45, 7) is 0. The van der Waals surface area contributed by atoms with Gasteiger partial charge in [-0.25, -0.2) is 8.42 Å². The molecule has 23 heavy (non-hydrogen) atoms. The number of anilines is 1. The lowest BCUT2D eigenvalue weighted by Gasteiger charge is -2.17. The number of hydrogen-bond donors (Lipinski definition) is 0. The van der Waals surface area contributed by atoms with Crippen LogP contribution in [0.2, 0.25) is 5.02 Å². The Balaban J connectivity index is 2.38. The minimum atomic E-state index is -3.88. The maximum Gasteiger partial charge on any atom is 0.295 e. The largest absolute Gasteiger partial charge is 0.295 e. The van der Waals surface area contributed by atoms with Crippen LogP contribution in [0.5, 0.6) is 0 Å². The van der Waals surface area contributed by atoms with Gasteiger partial charge in [0.2, 0.25) is 0 Å². The molecule has 0 bridgehead atoms. The van der Waals surface area contributed by atoms with Crippen LogP contribution in [-0.2, 0) is 10.0 Å². The van der Waals surface area contributed by atoms with Gasteiger partial charge in [0.05, 0.1) is 10.3 Å². The molecule has 0 aliphatic rings. The summed E-state index contributed by atoms with van der Waals surface area (Å²) in [5.74, 6) is 0.